The molecule has 2 saturated heterocycles. The van der Waals surface area contributed by atoms with Crippen LogP contribution in [0.1, 0.15) is 69.9 Å². The van der Waals surface area contributed by atoms with E-state index in [0.29, 0.717) is 17.9 Å². The van der Waals surface area contributed by atoms with Crippen LogP contribution in [0.2, 0.25) is 0 Å². The average molecular weight is 945 g/mol. The number of hydrogen-bond donors (Lipinski definition) is 3. The zero-order valence-corrected chi connectivity index (χ0v) is 40.0. The SMILES string of the molecule is C=C(C)[C@H]1CC[C@@]2(C)S[P+](O)(O[C@H]3[C@@H](OCCOC)[C@H](n4cnc5c(=O)[nH]c(NC(=O)C(C)C)nc54)O[C@@H]3COC(c3ccccc3)(c3ccc(OC)cc3)c3ccc(OC)cc3)O[C@@H]2C1. The highest BCUT2D eigenvalue weighted by Gasteiger charge is 2.68. The minimum atomic E-state index is -3.69. The lowest BCUT2D eigenvalue weighted by Crippen LogP contribution is -2.41. The number of carbonyl (C=O) groups excluding carboxylic acids is 1. The highest BCUT2D eigenvalue weighted by molar-refractivity contribution is 8.58. The van der Waals surface area contributed by atoms with Gasteiger partial charge in [0.15, 0.2) is 23.5 Å². The average Bonchev–Trinajstić information content (AvgIpc) is 3.97. The second-order valence-corrected chi connectivity index (χ2v) is 21.9. The van der Waals surface area contributed by atoms with Crippen molar-refractivity contribution in [1.29, 1.82) is 0 Å². The molecule has 1 saturated carbocycles. The van der Waals surface area contributed by atoms with Crippen molar-refractivity contribution < 1.29 is 47.2 Å². The van der Waals surface area contributed by atoms with Crippen molar-refractivity contribution in [2.75, 3.05) is 46.5 Å². The van der Waals surface area contributed by atoms with Gasteiger partial charge >= 0.3 is 7.15 Å². The largest absolute Gasteiger partial charge is 0.497 e. The Morgan fingerprint density at radius 3 is 2.27 bits per heavy atom. The summed E-state index contributed by atoms with van der Waals surface area (Å²) in [6.07, 6.45) is -0.422. The summed E-state index contributed by atoms with van der Waals surface area (Å²) in [6.45, 7) is 12.1. The van der Waals surface area contributed by atoms with Crippen LogP contribution in [-0.4, -0.2) is 101 Å². The number of benzene rings is 3. The first-order valence-electron chi connectivity index (χ1n) is 22.1. The van der Waals surface area contributed by atoms with Gasteiger partial charge in [0, 0.05) is 13.0 Å². The van der Waals surface area contributed by atoms with Crippen LogP contribution in [0.15, 0.2) is 102 Å². The van der Waals surface area contributed by atoms with Crippen molar-refractivity contribution in [3.05, 3.63) is 124 Å². The van der Waals surface area contributed by atoms with E-state index in [1.807, 2.05) is 85.8 Å². The normalized spacial score (nSPS) is 26.4. The van der Waals surface area contributed by atoms with Crippen LogP contribution < -0.4 is 20.3 Å². The summed E-state index contributed by atoms with van der Waals surface area (Å²) in [7, 11) is 1.12. The fraction of sp³-hybridized carbons (Fsp3) is 0.458. The van der Waals surface area contributed by atoms with E-state index in [9.17, 15) is 14.5 Å². The maximum absolute atomic E-state index is 13.5. The van der Waals surface area contributed by atoms with E-state index in [1.54, 1.807) is 39.7 Å². The number of amides is 1. The quantitative estimate of drug-likeness (QED) is 0.0332. The Morgan fingerprint density at radius 2 is 1.67 bits per heavy atom. The standard InChI is InChI=1S/C48H58N5O11PS/c1-29(2)31-22-23-47(5)38(26-31)63-65(56,66-47)64-40-37(62-45(41(40)60-25-24-57-6)53-28-49-39-42(53)50-46(52-44(39)55)51-43(54)30(3)4)27-61-48(32-12-10-9-11-13-32,33-14-18-35(58-7)19-15-33)34-16-20-36(59-8)21-17-34/h9-21,28,30-31,37-38,40-41,45,56H,1,22-27H2,2-8H3,(H-,50,51,52,54,55)/p+1/t31-,37+,38+,40+,41+,45+,47+,65?/m0/s1. The van der Waals surface area contributed by atoms with E-state index in [-0.39, 0.29) is 60.8 Å². The molecule has 3 fully saturated rings. The number of imidazole rings is 1. The van der Waals surface area contributed by atoms with Gasteiger partial charge in [-0.05, 0) is 80.0 Å². The first-order valence-corrected chi connectivity index (χ1v) is 25.1. The molecule has 1 aliphatic carbocycles. The predicted molar refractivity (Wildman–Crippen MR) is 252 cm³/mol. The molecule has 4 heterocycles. The first-order chi connectivity index (χ1) is 31.7. The van der Waals surface area contributed by atoms with Crippen LogP contribution in [0.3, 0.4) is 0 Å². The molecule has 2 aromatic heterocycles. The molecule has 3 N–H and O–H groups in total. The fourth-order valence-electron chi connectivity index (χ4n) is 8.95. The minimum absolute atomic E-state index is 0.0148. The lowest BCUT2D eigenvalue weighted by Gasteiger charge is -2.37. The summed E-state index contributed by atoms with van der Waals surface area (Å²) < 4.78 is 52.5. The minimum Gasteiger partial charge on any atom is -0.497 e. The zero-order chi connectivity index (χ0) is 46.8. The predicted octanol–water partition coefficient (Wildman–Crippen LogP) is 7.99. The van der Waals surface area contributed by atoms with Crippen molar-refractivity contribution in [2.45, 2.75) is 87.9 Å². The van der Waals surface area contributed by atoms with E-state index < -0.39 is 47.6 Å². The zero-order valence-electron chi connectivity index (χ0n) is 38.3. The van der Waals surface area contributed by atoms with Crippen molar-refractivity contribution in [3.8, 4) is 11.5 Å². The number of aromatic nitrogens is 4. The van der Waals surface area contributed by atoms with E-state index in [0.717, 1.165) is 35.1 Å². The van der Waals surface area contributed by atoms with Crippen molar-refractivity contribution in [1.82, 2.24) is 19.5 Å². The number of nitrogens with zero attached hydrogens (tertiary/aromatic N) is 3. The van der Waals surface area contributed by atoms with Gasteiger partial charge in [-0.3, -0.25) is 24.5 Å². The Kier molecular flexibility index (Phi) is 14.4. The molecule has 2 aliphatic heterocycles. The van der Waals surface area contributed by atoms with Gasteiger partial charge < -0.3 is 28.4 Å². The van der Waals surface area contributed by atoms with Crippen LogP contribution in [-0.2, 0) is 38.4 Å². The third kappa shape index (κ3) is 9.55. The van der Waals surface area contributed by atoms with Gasteiger partial charge in [-0.2, -0.15) is 18.9 Å². The Morgan fingerprint density at radius 1 is 1.02 bits per heavy atom. The van der Waals surface area contributed by atoms with E-state index >= 15 is 0 Å². The number of carbonyl (C=O) groups is 1. The smallest absolute Gasteiger partial charge is 0.480 e. The second kappa shape index (κ2) is 19.9. The summed E-state index contributed by atoms with van der Waals surface area (Å²) in [5, 5.41) is 2.69. The monoisotopic (exact) mass is 944 g/mol. The molecule has 8 rings (SSSR count). The number of rotatable bonds is 18. The van der Waals surface area contributed by atoms with Crippen LogP contribution in [0, 0.1) is 11.8 Å². The highest BCUT2D eigenvalue weighted by atomic mass is 32.7. The van der Waals surface area contributed by atoms with Crippen LogP contribution in [0.5, 0.6) is 11.5 Å². The number of aromatic amines is 1. The van der Waals surface area contributed by atoms with Gasteiger partial charge in [0.05, 0.1) is 45.1 Å². The van der Waals surface area contributed by atoms with Crippen LogP contribution in [0.25, 0.3) is 11.2 Å². The second-order valence-electron chi connectivity index (χ2n) is 17.4. The number of fused-ring (bicyclic) bond motifs is 2. The molecule has 0 radical (unpaired) electrons. The van der Waals surface area contributed by atoms with Crippen molar-refractivity contribution >= 4 is 41.5 Å². The molecule has 5 aromatic rings. The fourth-order valence-corrected chi connectivity index (χ4v) is 14.4. The van der Waals surface area contributed by atoms with Crippen molar-refractivity contribution in [3.63, 3.8) is 0 Å². The van der Waals surface area contributed by atoms with Gasteiger partial charge in [-0.15, -0.1) is 0 Å². The number of H-pyrrole nitrogens is 1. The third-order valence-corrected chi connectivity index (χ3v) is 17.3. The maximum atomic E-state index is 13.5. The molecule has 18 heteroatoms. The van der Waals surface area contributed by atoms with Gasteiger partial charge in [-0.25, -0.2) is 4.98 Å². The van der Waals surface area contributed by atoms with E-state index in [2.05, 4.69) is 33.8 Å². The number of methoxy groups -OCH3 is 3. The molecule has 1 amide bonds. The Balaban J connectivity index is 1.24. The molecule has 352 valence electrons. The van der Waals surface area contributed by atoms with Gasteiger partial charge in [0.2, 0.25) is 11.9 Å². The summed E-state index contributed by atoms with van der Waals surface area (Å²) in [6, 6.07) is 25.3. The highest BCUT2D eigenvalue weighted by Crippen LogP contribution is 2.81. The third-order valence-electron chi connectivity index (χ3n) is 12.7. The van der Waals surface area contributed by atoms with E-state index in [4.69, 9.17) is 37.5 Å². The molecule has 8 atom stereocenters. The number of allylic oxidation sites excluding steroid dienone is 1. The molecular formula is C48H59N5O11PS+. The molecular weight excluding hydrogens is 886 g/mol. The molecule has 0 bridgehead atoms. The molecule has 3 aromatic carbocycles. The molecule has 0 spiro atoms. The molecule has 1 unspecified atom stereocenters. The summed E-state index contributed by atoms with van der Waals surface area (Å²) >= 11 is 1.34. The maximum Gasteiger partial charge on any atom is 0.480 e. The summed E-state index contributed by atoms with van der Waals surface area (Å²) in [5.41, 5.74) is 1.83. The topological polar surface area (TPSA) is 187 Å². The number of anilines is 1. The first kappa shape index (κ1) is 47.8. The molecule has 66 heavy (non-hydrogen) atoms. The van der Waals surface area contributed by atoms with Crippen LogP contribution in [0.4, 0.5) is 5.95 Å². The Hall–Kier alpha value is -4.68. The number of ether oxygens (including phenoxy) is 6. The van der Waals surface area contributed by atoms with Gasteiger partial charge in [0.25, 0.3) is 5.56 Å². The van der Waals surface area contributed by atoms with Gasteiger partial charge in [0.1, 0.15) is 46.8 Å². The lowest BCUT2D eigenvalue weighted by atomic mass is 9.77. The van der Waals surface area contributed by atoms with E-state index in [1.165, 1.54) is 17.7 Å². The molecule has 3 aliphatic rings. The molecule has 16 nitrogen and oxygen atoms in total. The number of hydrogen-bond acceptors (Lipinski definition) is 14. The van der Waals surface area contributed by atoms with Gasteiger partial charge in [-0.1, -0.05) is 80.6 Å². The Labute approximate surface area is 389 Å². The lowest BCUT2D eigenvalue weighted by molar-refractivity contribution is -0.118. The Bertz CT molecular complexity index is 2500. The van der Waals surface area contributed by atoms with Crippen LogP contribution >= 0.6 is 18.5 Å². The number of nitrogens with one attached hydrogen (secondary N) is 2. The van der Waals surface area contributed by atoms with Crippen molar-refractivity contribution in [2.24, 2.45) is 11.8 Å². The summed E-state index contributed by atoms with van der Waals surface area (Å²) in [4.78, 5) is 50.6. The summed E-state index contributed by atoms with van der Waals surface area (Å²) in [5.74, 6) is 0.823.